The monoisotopic (exact) mass is 426 g/mol. The highest BCUT2D eigenvalue weighted by atomic mass is 35.5. The number of hydrogen-bond acceptors (Lipinski definition) is 6. The molecule has 0 aliphatic heterocycles. The zero-order valence-corrected chi connectivity index (χ0v) is 16.0. The summed E-state index contributed by atoms with van der Waals surface area (Å²) in [6.07, 6.45) is -4.15. The van der Waals surface area contributed by atoms with Crippen LogP contribution in [-0.4, -0.2) is 56.7 Å². The molecule has 11 heteroatoms. The molecule has 0 heterocycles. The van der Waals surface area contributed by atoms with E-state index >= 15 is 0 Å². The molecule has 0 saturated carbocycles. The van der Waals surface area contributed by atoms with E-state index in [-0.39, 0.29) is 30.4 Å². The first-order valence-electron chi connectivity index (χ1n) is 8.42. The number of carbonyl (C=O) groups excluding carboxylic acids is 1. The average molecular weight is 427 g/mol. The van der Waals surface area contributed by atoms with Crippen LogP contribution in [0.2, 0.25) is 5.02 Å². The number of methoxy groups -OCH3 is 1. The lowest BCUT2D eigenvalue weighted by Crippen LogP contribution is -2.34. The van der Waals surface area contributed by atoms with Crippen LogP contribution in [0.15, 0.2) is 18.2 Å². The second-order valence-electron chi connectivity index (χ2n) is 5.72. The molecule has 1 aromatic rings. The zero-order chi connectivity index (χ0) is 21.2. The minimum atomic E-state index is -4.86. The van der Waals surface area contributed by atoms with Gasteiger partial charge < -0.3 is 24.8 Å². The van der Waals surface area contributed by atoms with E-state index in [4.69, 9.17) is 16.7 Å². The van der Waals surface area contributed by atoms with Crippen LogP contribution in [0.1, 0.15) is 19.3 Å². The normalized spacial score (nSPS) is 11.2. The van der Waals surface area contributed by atoms with Crippen LogP contribution in [0.5, 0.6) is 5.75 Å². The summed E-state index contributed by atoms with van der Waals surface area (Å²) in [5.74, 6) is -1.84. The molecule has 0 bridgehead atoms. The number of carbonyl (C=O) groups is 2. The Hall–Kier alpha value is -2.20. The molecule has 0 radical (unpaired) electrons. The first-order valence-corrected chi connectivity index (χ1v) is 8.79. The molecule has 28 heavy (non-hydrogen) atoms. The van der Waals surface area contributed by atoms with Crippen molar-refractivity contribution in [3.8, 4) is 5.75 Å². The predicted octanol–water partition coefficient (Wildman–Crippen LogP) is 3.06. The Morgan fingerprint density at radius 2 is 1.93 bits per heavy atom. The first-order chi connectivity index (χ1) is 13.1. The molecule has 0 unspecified atom stereocenters. The van der Waals surface area contributed by atoms with Gasteiger partial charge in [0.15, 0.2) is 0 Å². The Labute approximate surface area is 165 Å². The Balaban J connectivity index is 2.66. The number of alkyl halides is 3. The third-order valence-electron chi connectivity index (χ3n) is 3.62. The van der Waals surface area contributed by atoms with Crippen LogP contribution < -0.4 is 15.0 Å². The Bertz CT molecular complexity index is 658. The maximum absolute atomic E-state index is 12.3. The van der Waals surface area contributed by atoms with Crippen LogP contribution in [-0.2, 0) is 14.3 Å². The number of nitrogens with one attached hydrogen (secondary N) is 1. The summed E-state index contributed by atoms with van der Waals surface area (Å²) < 4.78 is 45.4. The van der Waals surface area contributed by atoms with Gasteiger partial charge in [-0.25, -0.2) is 0 Å². The molecule has 2 N–H and O–H groups in total. The van der Waals surface area contributed by atoms with Crippen LogP contribution in [0, 0.1) is 0 Å². The zero-order valence-electron chi connectivity index (χ0n) is 15.2. The SMILES string of the molecule is COC(=O)CCCNCCN(CCC(=O)O)c1ccc(OC(F)(F)F)c(Cl)c1. The van der Waals surface area contributed by atoms with Gasteiger partial charge in [-0.2, -0.15) is 0 Å². The minimum absolute atomic E-state index is 0.148. The van der Waals surface area contributed by atoms with E-state index in [1.807, 2.05) is 0 Å². The summed E-state index contributed by atoms with van der Waals surface area (Å²) in [6.45, 7) is 1.57. The van der Waals surface area contributed by atoms with Gasteiger partial charge in [0.25, 0.3) is 0 Å². The van der Waals surface area contributed by atoms with Gasteiger partial charge in [0, 0.05) is 31.7 Å². The van der Waals surface area contributed by atoms with Gasteiger partial charge in [0.2, 0.25) is 0 Å². The molecule has 0 amide bonds. The third-order valence-corrected chi connectivity index (χ3v) is 3.92. The third kappa shape index (κ3) is 9.65. The molecule has 0 fully saturated rings. The van der Waals surface area contributed by atoms with Gasteiger partial charge in [-0.05, 0) is 31.2 Å². The number of halogens is 4. The van der Waals surface area contributed by atoms with E-state index in [1.54, 1.807) is 4.90 Å². The number of anilines is 1. The minimum Gasteiger partial charge on any atom is -0.481 e. The van der Waals surface area contributed by atoms with Crippen molar-refractivity contribution < 1.29 is 37.3 Å². The molecule has 158 valence electrons. The number of nitrogens with zero attached hydrogens (tertiary/aromatic N) is 1. The van der Waals surface area contributed by atoms with E-state index in [0.717, 1.165) is 6.07 Å². The van der Waals surface area contributed by atoms with E-state index in [9.17, 15) is 22.8 Å². The molecule has 0 aromatic heterocycles. The summed E-state index contributed by atoms with van der Waals surface area (Å²) in [7, 11) is 1.31. The fourth-order valence-corrected chi connectivity index (χ4v) is 2.51. The predicted molar refractivity (Wildman–Crippen MR) is 96.7 cm³/mol. The molecule has 0 aliphatic rings. The average Bonchev–Trinajstić information content (AvgIpc) is 2.60. The van der Waals surface area contributed by atoms with Crippen molar-refractivity contribution in [3.63, 3.8) is 0 Å². The van der Waals surface area contributed by atoms with Crippen molar-refractivity contribution in [2.45, 2.75) is 25.6 Å². The van der Waals surface area contributed by atoms with E-state index in [0.29, 0.717) is 31.7 Å². The number of ether oxygens (including phenoxy) is 2. The molecule has 7 nitrogen and oxygen atoms in total. The van der Waals surface area contributed by atoms with Crippen molar-refractivity contribution in [2.75, 3.05) is 38.2 Å². The molecule has 0 spiro atoms. The van der Waals surface area contributed by atoms with Gasteiger partial charge in [-0.15, -0.1) is 13.2 Å². The molecule has 0 saturated heterocycles. The van der Waals surface area contributed by atoms with Crippen molar-refractivity contribution in [1.29, 1.82) is 0 Å². The van der Waals surface area contributed by atoms with Crippen molar-refractivity contribution in [2.24, 2.45) is 0 Å². The van der Waals surface area contributed by atoms with E-state index < -0.39 is 18.1 Å². The highest BCUT2D eigenvalue weighted by molar-refractivity contribution is 6.32. The highest BCUT2D eigenvalue weighted by Gasteiger charge is 2.32. The van der Waals surface area contributed by atoms with Gasteiger partial charge >= 0.3 is 18.3 Å². The second-order valence-corrected chi connectivity index (χ2v) is 6.13. The van der Waals surface area contributed by atoms with Gasteiger partial charge in [0.05, 0.1) is 18.6 Å². The Kier molecular flexibility index (Phi) is 9.88. The maximum atomic E-state index is 12.3. The van der Waals surface area contributed by atoms with Crippen LogP contribution in [0.4, 0.5) is 18.9 Å². The Morgan fingerprint density at radius 3 is 2.50 bits per heavy atom. The number of carboxylic acids is 1. The standard InChI is InChI=1S/C17H22ClF3N2O5/c1-27-16(26)3-2-7-22-8-10-23(9-6-15(24)25)12-4-5-14(13(18)11-12)28-17(19,20)21/h4-5,11,22H,2-3,6-10H2,1H3,(H,24,25). The summed E-state index contributed by atoms with van der Waals surface area (Å²) in [6, 6.07) is 3.76. The summed E-state index contributed by atoms with van der Waals surface area (Å²) in [5, 5.41) is 11.8. The number of aliphatic carboxylic acids is 1. The van der Waals surface area contributed by atoms with Crippen LogP contribution >= 0.6 is 11.6 Å². The summed E-state index contributed by atoms with van der Waals surface area (Å²) in [4.78, 5) is 23.6. The highest BCUT2D eigenvalue weighted by Crippen LogP contribution is 2.33. The first kappa shape index (κ1) is 23.8. The fourth-order valence-electron chi connectivity index (χ4n) is 2.29. The Morgan fingerprint density at radius 1 is 1.21 bits per heavy atom. The smallest absolute Gasteiger partial charge is 0.481 e. The maximum Gasteiger partial charge on any atom is 0.573 e. The lowest BCUT2D eigenvalue weighted by atomic mass is 10.2. The number of hydrogen-bond donors (Lipinski definition) is 2. The number of rotatable bonds is 12. The fraction of sp³-hybridized carbons (Fsp3) is 0.529. The van der Waals surface area contributed by atoms with Crippen molar-refractivity contribution in [3.05, 3.63) is 23.2 Å². The molecule has 1 rings (SSSR count). The molecular weight excluding hydrogens is 405 g/mol. The van der Waals surface area contributed by atoms with Gasteiger partial charge in [-0.1, -0.05) is 11.6 Å². The number of benzene rings is 1. The van der Waals surface area contributed by atoms with Crippen molar-refractivity contribution >= 4 is 29.2 Å². The van der Waals surface area contributed by atoms with Crippen LogP contribution in [0.3, 0.4) is 0 Å². The van der Waals surface area contributed by atoms with E-state index in [2.05, 4.69) is 14.8 Å². The number of carboxylic acid groups (broad SMARTS) is 1. The van der Waals surface area contributed by atoms with Gasteiger partial charge in [-0.3, -0.25) is 9.59 Å². The lowest BCUT2D eigenvalue weighted by molar-refractivity contribution is -0.274. The van der Waals surface area contributed by atoms with E-state index in [1.165, 1.54) is 19.2 Å². The lowest BCUT2D eigenvalue weighted by Gasteiger charge is -2.25. The largest absolute Gasteiger partial charge is 0.573 e. The topological polar surface area (TPSA) is 88.1 Å². The molecule has 1 aromatic carbocycles. The molecule has 0 atom stereocenters. The molecular formula is C17H22ClF3N2O5. The van der Waals surface area contributed by atoms with Gasteiger partial charge in [0.1, 0.15) is 5.75 Å². The summed E-state index contributed by atoms with van der Waals surface area (Å²) in [5.41, 5.74) is 0.470. The summed E-state index contributed by atoms with van der Waals surface area (Å²) >= 11 is 5.86. The van der Waals surface area contributed by atoms with Crippen LogP contribution in [0.25, 0.3) is 0 Å². The second kappa shape index (κ2) is 11.6. The number of esters is 1. The molecule has 0 aliphatic carbocycles. The quantitative estimate of drug-likeness (QED) is 0.392. The van der Waals surface area contributed by atoms with Crippen molar-refractivity contribution in [1.82, 2.24) is 5.32 Å².